The second-order valence-corrected chi connectivity index (χ2v) is 6.16. The molecular formula is C17H24N2O. The van der Waals surface area contributed by atoms with E-state index in [9.17, 15) is 4.79 Å². The highest BCUT2D eigenvalue weighted by Crippen LogP contribution is 2.23. The Kier molecular flexibility index (Phi) is 4.36. The van der Waals surface area contributed by atoms with Gasteiger partial charge >= 0.3 is 0 Å². The molecule has 108 valence electrons. The summed E-state index contributed by atoms with van der Waals surface area (Å²) >= 11 is 0. The zero-order valence-corrected chi connectivity index (χ0v) is 12.0. The van der Waals surface area contributed by atoms with E-state index in [1.807, 2.05) is 0 Å². The summed E-state index contributed by atoms with van der Waals surface area (Å²) in [6.07, 6.45) is 7.39. The van der Waals surface area contributed by atoms with Crippen LogP contribution in [0.5, 0.6) is 0 Å². The van der Waals surface area contributed by atoms with Crippen molar-refractivity contribution in [1.29, 1.82) is 0 Å². The maximum absolute atomic E-state index is 12.3. The topological polar surface area (TPSA) is 41.1 Å². The molecule has 1 saturated carbocycles. The SMILES string of the molecule is O=C(NCC1CCCCC1)[C@H]1Cc2ccccc2CN1. The standard InChI is InChI=1S/C17H24N2O/c20-17(19-11-13-6-2-1-3-7-13)16-10-14-8-4-5-9-15(14)12-18-16/h4-5,8-9,13,16,18H,1-3,6-7,10-12H2,(H,19,20)/t16-/m1/s1. The lowest BCUT2D eigenvalue weighted by Gasteiger charge is -2.27. The second-order valence-electron chi connectivity index (χ2n) is 6.16. The highest BCUT2D eigenvalue weighted by atomic mass is 16.2. The number of hydrogen-bond acceptors (Lipinski definition) is 2. The van der Waals surface area contributed by atoms with Crippen LogP contribution in [0.15, 0.2) is 24.3 Å². The average molecular weight is 272 g/mol. The van der Waals surface area contributed by atoms with E-state index in [1.54, 1.807) is 0 Å². The number of rotatable bonds is 3. The van der Waals surface area contributed by atoms with E-state index < -0.39 is 0 Å². The molecule has 0 unspecified atom stereocenters. The van der Waals surface area contributed by atoms with Crippen molar-refractivity contribution in [3.63, 3.8) is 0 Å². The lowest BCUT2D eigenvalue weighted by Crippen LogP contribution is -2.48. The summed E-state index contributed by atoms with van der Waals surface area (Å²) in [4.78, 5) is 12.3. The molecule has 0 radical (unpaired) electrons. The van der Waals surface area contributed by atoms with Gasteiger partial charge < -0.3 is 10.6 Å². The largest absolute Gasteiger partial charge is 0.354 e. The van der Waals surface area contributed by atoms with Gasteiger partial charge in [0.1, 0.15) is 0 Å². The van der Waals surface area contributed by atoms with Crippen LogP contribution in [0.2, 0.25) is 0 Å². The van der Waals surface area contributed by atoms with Crippen molar-refractivity contribution in [2.45, 2.75) is 51.1 Å². The van der Waals surface area contributed by atoms with Crippen LogP contribution in [0, 0.1) is 5.92 Å². The lowest BCUT2D eigenvalue weighted by atomic mass is 9.89. The van der Waals surface area contributed by atoms with Gasteiger partial charge in [0.15, 0.2) is 0 Å². The van der Waals surface area contributed by atoms with Crippen LogP contribution in [0.4, 0.5) is 0 Å². The summed E-state index contributed by atoms with van der Waals surface area (Å²) in [7, 11) is 0. The first-order chi connectivity index (χ1) is 9.83. The fourth-order valence-corrected chi connectivity index (χ4v) is 3.40. The Labute approximate surface area is 121 Å². The molecule has 1 atom stereocenters. The van der Waals surface area contributed by atoms with Crippen molar-refractivity contribution in [2.24, 2.45) is 5.92 Å². The molecule has 1 aromatic rings. The number of carbonyl (C=O) groups excluding carboxylic acids is 1. The maximum Gasteiger partial charge on any atom is 0.237 e. The third kappa shape index (κ3) is 3.21. The van der Waals surface area contributed by atoms with Gasteiger partial charge in [-0.3, -0.25) is 4.79 Å². The second kappa shape index (κ2) is 6.40. The van der Waals surface area contributed by atoms with Gasteiger partial charge in [-0.2, -0.15) is 0 Å². The minimum atomic E-state index is -0.0616. The highest BCUT2D eigenvalue weighted by molar-refractivity contribution is 5.82. The minimum absolute atomic E-state index is 0.0616. The number of fused-ring (bicyclic) bond motifs is 1. The van der Waals surface area contributed by atoms with Crippen LogP contribution in [0.25, 0.3) is 0 Å². The van der Waals surface area contributed by atoms with E-state index in [-0.39, 0.29) is 11.9 Å². The first-order valence-electron chi connectivity index (χ1n) is 7.91. The van der Waals surface area contributed by atoms with Gasteiger partial charge in [0.05, 0.1) is 6.04 Å². The average Bonchev–Trinajstić information content (AvgIpc) is 2.53. The van der Waals surface area contributed by atoms with Crippen LogP contribution in [-0.4, -0.2) is 18.5 Å². The first-order valence-corrected chi connectivity index (χ1v) is 7.91. The summed E-state index contributed by atoms with van der Waals surface area (Å²) in [6, 6.07) is 8.33. The molecule has 1 aliphatic heterocycles. The molecule has 20 heavy (non-hydrogen) atoms. The number of benzene rings is 1. The molecule has 1 amide bonds. The molecule has 3 nitrogen and oxygen atoms in total. The van der Waals surface area contributed by atoms with Crippen molar-refractivity contribution in [3.05, 3.63) is 35.4 Å². The van der Waals surface area contributed by atoms with E-state index in [0.717, 1.165) is 19.5 Å². The first kappa shape index (κ1) is 13.6. The summed E-state index contributed by atoms with van der Waals surface area (Å²) in [5.41, 5.74) is 2.63. The fraction of sp³-hybridized carbons (Fsp3) is 0.588. The molecule has 2 aliphatic rings. The van der Waals surface area contributed by atoms with Gasteiger partial charge in [0, 0.05) is 13.1 Å². The summed E-state index contributed by atoms with van der Waals surface area (Å²) in [5.74, 6) is 0.869. The van der Waals surface area contributed by atoms with Crippen molar-refractivity contribution in [1.82, 2.24) is 10.6 Å². The summed E-state index contributed by atoms with van der Waals surface area (Å²) < 4.78 is 0. The smallest absolute Gasteiger partial charge is 0.237 e. The van der Waals surface area contributed by atoms with Crippen LogP contribution in [0.3, 0.4) is 0 Å². The van der Waals surface area contributed by atoms with Crippen molar-refractivity contribution in [3.8, 4) is 0 Å². The van der Waals surface area contributed by atoms with E-state index in [1.165, 1.54) is 43.2 Å². The molecule has 3 heteroatoms. The third-order valence-corrected chi connectivity index (χ3v) is 4.69. The van der Waals surface area contributed by atoms with Gasteiger partial charge in [-0.25, -0.2) is 0 Å². The normalized spacial score (nSPS) is 23.1. The Balaban J connectivity index is 1.51. The predicted octanol–water partition coefficient (Wildman–Crippen LogP) is 2.40. The quantitative estimate of drug-likeness (QED) is 0.887. The molecule has 0 bridgehead atoms. The third-order valence-electron chi connectivity index (χ3n) is 4.69. The van der Waals surface area contributed by atoms with Crippen LogP contribution in [0.1, 0.15) is 43.2 Å². The number of hydrogen-bond donors (Lipinski definition) is 2. The molecular weight excluding hydrogens is 248 g/mol. The van der Waals surface area contributed by atoms with E-state index >= 15 is 0 Å². The predicted molar refractivity (Wildman–Crippen MR) is 80.4 cm³/mol. The molecule has 2 N–H and O–H groups in total. The number of nitrogens with one attached hydrogen (secondary N) is 2. The fourth-order valence-electron chi connectivity index (χ4n) is 3.40. The molecule has 1 heterocycles. The molecule has 0 saturated heterocycles. The van der Waals surface area contributed by atoms with E-state index in [0.29, 0.717) is 5.92 Å². The van der Waals surface area contributed by atoms with Gasteiger partial charge in [0.25, 0.3) is 0 Å². The zero-order valence-electron chi connectivity index (χ0n) is 12.0. The Morgan fingerprint density at radius 1 is 1.15 bits per heavy atom. The van der Waals surface area contributed by atoms with Crippen LogP contribution in [-0.2, 0) is 17.8 Å². The Bertz CT molecular complexity index is 466. The lowest BCUT2D eigenvalue weighted by molar-refractivity contribution is -0.123. The number of amides is 1. The van der Waals surface area contributed by atoms with Gasteiger partial charge in [-0.1, -0.05) is 43.5 Å². The molecule has 1 aromatic carbocycles. The van der Waals surface area contributed by atoms with Crippen molar-refractivity contribution >= 4 is 5.91 Å². The molecule has 1 fully saturated rings. The van der Waals surface area contributed by atoms with E-state index in [4.69, 9.17) is 0 Å². The Hall–Kier alpha value is -1.35. The molecule has 3 rings (SSSR count). The van der Waals surface area contributed by atoms with E-state index in [2.05, 4.69) is 34.9 Å². The summed E-state index contributed by atoms with van der Waals surface area (Å²) in [5, 5.41) is 6.50. The van der Waals surface area contributed by atoms with Crippen molar-refractivity contribution < 1.29 is 4.79 Å². The Morgan fingerprint density at radius 3 is 2.70 bits per heavy atom. The molecule has 1 aliphatic carbocycles. The molecule has 0 aromatic heterocycles. The molecule has 0 spiro atoms. The van der Waals surface area contributed by atoms with Crippen molar-refractivity contribution in [2.75, 3.05) is 6.54 Å². The van der Waals surface area contributed by atoms with Crippen LogP contribution < -0.4 is 10.6 Å². The van der Waals surface area contributed by atoms with Gasteiger partial charge in [0.2, 0.25) is 5.91 Å². The maximum atomic E-state index is 12.3. The summed E-state index contributed by atoms with van der Waals surface area (Å²) in [6.45, 7) is 1.66. The minimum Gasteiger partial charge on any atom is -0.354 e. The zero-order chi connectivity index (χ0) is 13.8. The van der Waals surface area contributed by atoms with Gasteiger partial charge in [-0.15, -0.1) is 0 Å². The van der Waals surface area contributed by atoms with Gasteiger partial charge in [-0.05, 0) is 36.3 Å². The number of carbonyl (C=O) groups is 1. The monoisotopic (exact) mass is 272 g/mol. The highest BCUT2D eigenvalue weighted by Gasteiger charge is 2.24. The van der Waals surface area contributed by atoms with Crippen LogP contribution >= 0.6 is 0 Å². The Morgan fingerprint density at radius 2 is 1.90 bits per heavy atom.